The largest absolute Gasteiger partial charge is 0.497 e. The molecule has 0 aliphatic rings. The van der Waals surface area contributed by atoms with Crippen LogP contribution in [0.5, 0.6) is 5.75 Å². The van der Waals surface area contributed by atoms with Crippen LogP contribution in [0.2, 0.25) is 0 Å². The van der Waals surface area contributed by atoms with Crippen molar-refractivity contribution in [3.63, 3.8) is 0 Å². The minimum atomic E-state index is -0.170. The zero-order chi connectivity index (χ0) is 20.1. The molecular formula is C21H23N3O3S. The molecule has 28 heavy (non-hydrogen) atoms. The Balaban J connectivity index is 1.80. The van der Waals surface area contributed by atoms with Crippen molar-refractivity contribution in [1.29, 1.82) is 0 Å². The lowest BCUT2D eigenvalue weighted by molar-refractivity contribution is -0.113. The van der Waals surface area contributed by atoms with Crippen molar-refractivity contribution in [3.8, 4) is 5.75 Å². The van der Waals surface area contributed by atoms with Crippen molar-refractivity contribution in [3.05, 3.63) is 58.9 Å². The quantitative estimate of drug-likeness (QED) is 0.485. The van der Waals surface area contributed by atoms with Crippen LogP contribution in [-0.2, 0) is 11.3 Å². The molecule has 0 unspecified atom stereocenters. The number of benzene rings is 2. The standard InChI is InChI=1S/C21H23N3O3S/c1-14(2)12-24-20(26)17-9-4-5-10-18(17)23-21(24)28-13-19(25)22-15-7-6-8-16(11-15)27-3/h4-11,14H,12-13H2,1-3H3,(H,22,25). The smallest absolute Gasteiger partial charge is 0.262 e. The molecule has 0 saturated heterocycles. The lowest BCUT2D eigenvalue weighted by Crippen LogP contribution is -2.26. The predicted octanol–water partition coefficient (Wildman–Crippen LogP) is 3.79. The number of thioether (sulfide) groups is 1. The summed E-state index contributed by atoms with van der Waals surface area (Å²) in [4.78, 5) is 29.9. The van der Waals surface area contributed by atoms with Crippen molar-refractivity contribution in [2.75, 3.05) is 18.2 Å². The Kier molecular flexibility index (Phi) is 6.36. The molecule has 3 rings (SSSR count). The first kappa shape index (κ1) is 19.9. The van der Waals surface area contributed by atoms with Gasteiger partial charge in [0.2, 0.25) is 5.91 Å². The SMILES string of the molecule is COc1cccc(NC(=O)CSc2nc3ccccc3c(=O)n2CC(C)C)c1. The van der Waals surface area contributed by atoms with Crippen LogP contribution in [0.1, 0.15) is 13.8 Å². The van der Waals surface area contributed by atoms with Gasteiger partial charge in [-0.2, -0.15) is 0 Å². The van der Waals surface area contributed by atoms with Crippen molar-refractivity contribution >= 4 is 34.3 Å². The molecule has 0 fully saturated rings. The van der Waals surface area contributed by atoms with E-state index in [-0.39, 0.29) is 23.1 Å². The first-order valence-corrected chi connectivity index (χ1v) is 10.0. The van der Waals surface area contributed by atoms with Gasteiger partial charge in [0.15, 0.2) is 5.16 Å². The summed E-state index contributed by atoms with van der Waals surface area (Å²) in [7, 11) is 1.58. The number of fused-ring (bicyclic) bond motifs is 1. The molecule has 7 heteroatoms. The summed E-state index contributed by atoms with van der Waals surface area (Å²) >= 11 is 1.26. The molecule has 0 aliphatic carbocycles. The third-order valence-electron chi connectivity index (χ3n) is 4.06. The molecule has 3 aromatic rings. The molecule has 1 heterocycles. The van der Waals surface area contributed by atoms with Gasteiger partial charge < -0.3 is 10.1 Å². The summed E-state index contributed by atoms with van der Waals surface area (Å²) in [6.07, 6.45) is 0. The summed E-state index contributed by atoms with van der Waals surface area (Å²) in [5, 5.41) is 3.99. The van der Waals surface area contributed by atoms with Gasteiger partial charge in [-0.1, -0.05) is 43.8 Å². The van der Waals surface area contributed by atoms with Gasteiger partial charge in [-0.25, -0.2) is 4.98 Å². The first-order valence-electron chi connectivity index (χ1n) is 9.04. The van der Waals surface area contributed by atoms with Crippen molar-refractivity contribution in [1.82, 2.24) is 9.55 Å². The van der Waals surface area contributed by atoms with Gasteiger partial charge >= 0.3 is 0 Å². The zero-order valence-corrected chi connectivity index (χ0v) is 17.0. The molecule has 146 valence electrons. The summed E-state index contributed by atoms with van der Waals surface area (Å²) in [5.41, 5.74) is 1.23. The lowest BCUT2D eigenvalue weighted by Gasteiger charge is -2.15. The minimum Gasteiger partial charge on any atom is -0.497 e. The summed E-state index contributed by atoms with van der Waals surface area (Å²) in [6.45, 7) is 4.65. The van der Waals surface area contributed by atoms with E-state index < -0.39 is 0 Å². The summed E-state index contributed by atoms with van der Waals surface area (Å²) in [6, 6.07) is 14.5. The number of carbonyl (C=O) groups excluding carboxylic acids is 1. The van der Waals surface area contributed by atoms with E-state index in [1.807, 2.05) is 44.2 Å². The molecule has 0 saturated carbocycles. The molecule has 0 atom stereocenters. The molecule has 6 nitrogen and oxygen atoms in total. The number of anilines is 1. The second-order valence-corrected chi connectivity index (χ2v) is 7.73. The monoisotopic (exact) mass is 397 g/mol. The molecule has 1 amide bonds. The molecule has 0 spiro atoms. The van der Waals surface area contributed by atoms with Gasteiger partial charge in [0.1, 0.15) is 5.75 Å². The third-order valence-corrected chi connectivity index (χ3v) is 5.04. The maximum absolute atomic E-state index is 12.9. The van der Waals surface area contributed by atoms with Crippen molar-refractivity contribution in [2.24, 2.45) is 5.92 Å². The van der Waals surface area contributed by atoms with E-state index in [0.717, 1.165) is 0 Å². The number of methoxy groups -OCH3 is 1. The number of hydrogen-bond acceptors (Lipinski definition) is 5. The van der Waals surface area contributed by atoms with E-state index in [1.165, 1.54) is 11.8 Å². The molecule has 0 aliphatic heterocycles. The molecule has 2 aromatic carbocycles. The Morgan fingerprint density at radius 1 is 1.21 bits per heavy atom. The normalized spacial score (nSPS) is 11.0. The van der Waals surface area contributed by atoms with Crippen LogP contribution >= 0.6 is 11.8 Å². The molecule has 0 bridgehead atoms. The number of amides is 1. The Morgan fingerprint density at radius 3 is 2.75 bits per heavy atom. The fourth-order valence-electron chi connectivity index (χ4n) is 2.81. The maximum Gasteiger partial charge on any atom is 0.262 e. The third kappa shape index (κ3) is 4.72. The highest BCUT2D eigenvalue weighted by Gasteiger charge is 2.14. The first-order chi connectivity index (χ1) is 13.5. The molecule has 1 aromatic heterocycles. The molecule has 1 N–H and O–H groups in total. The van der Waals surface area contributed by atoms with Crippen LogP contribution < -0.4 is 15.6 Å². The molecule has 0 radical (unpaired) electrons. The highest BCUT2D eigenvalue weighted by molar-refractivity contribution is 7.99. The Hall–Kier alpha value is -2.80. The van der Waals surface area contributed by atoms with Crippen molar-refractivity contribution in [2.45, 2.75) is 25.5 Å². The van der Waals surface area contributed by atoms with E-state index in [0.29, 0.717) is 34.0 Å². The lowest BCUT2D eigenvalue weighted by atomic mass is 10.2. The highest BCUT2D eigenvalue weighted by atomic mass is 32.2. The topological polar surface area (TPSA) is 73.2 Å². The summed E-state index contributed by atoms with van der Waals surface area (Å²) < 4.78 is 6.83. The van der Waals surface area contributed by atoms with Gasteiger partial charge in [-0.3, -0.25) is 14.2 Å². The van der Waals surface area contributed by atoms with Gasteiger partial charge in [-0.05, 0) is 30.2 Å². The zero-order valence-electron chi connectivity index (χ0n) is 16.1. The number of hydrogen-bond donors (Lipinski definition) is 1. The van der Waals surface area contributed by atoms with E-state index in [9.17, 15) is 9.59 Å². The van der Waals surface area contributed by atoms with Gasteiger partial charge in [0.05, 0.1) is 23.8 Å². The second-order valence-electron chi connectivity index (χ2n) is 6.79. The van der Waals surface area contributed by atoms with Crippen LogP contribution in [0.15, 0.2) is 58.5 Å². The number of para-hydroxylation sites is 1. The van der Waals surface area contributed by atoms with E-state index >= 15 is 0 Å². The average Bonchev–Trinajstić information content (AvgIpc) is 2.68. The van der Waals surface area contributed by atoms with Gasteiger partial charge in [-0.15, -0.1) is 0 Å². The number of nitrogens with one attached hydrogen (secondary N) is 1. The number of ether oxygens (including phenoxy) is 1. The number of carbonyl (C=O) groups is 1. The van der Waals surface area contributed by atoms with Crippen molar-refractivity contribution < 1.29 is 9.53 Å². The van der Waals surface area contributed by atoms with Crippen LogP contribution in [0.4, 0.5) is 5.69 Å². The number of nitrogens with zero attached hydrogens (tertiary/aromatic N) is 2. The molecular weight excluding hydrogens is 374 g/mol. The Morgan fingerprint density at radius 2 is 2.00 bits per heavy atom. The highest BCUT2D eigenvalue weighted by Crippen LogP contribution is 2.20. The van der Waals surface area contributed by atoms with Crippen LogP contribution in [0.3, 0.4) is 0 Å². The average molecular weight is 398 g/mol. The van der Waals surface area contributed by atoms with Crippen LogP contribution in [-0.4, -0.2) is 28.3 Å². The second kappa shape index (κ2) is 8.93. The van der Waals surface area contributed by atoms with E-state index in [2.05, 4.69) is 10.3 Å². The van der Waals surface area contributed by atoms with E-state index in [4.69, 9.17) is 4.74 Å². The van der Waals surface area contributed by atoms with Gasteiger partial charge in [0, 0.05) is 18.3 Å². The van der Waals surface area contributed by atoms with E-state index in [1.54, 1.807) is 29.9 Å². The van der Waals surface area contributed by atoms with Gasteiger partial charge in [0.25, 0.3) is 5.56 Å². The van der Waals surface area contributed by atoms with Crippen LogP contribution in [0.25, 0.3) is 10.9 Å². The maximum atomic E-state index is 12.9. The number of rotatable bonds is 7. The fraction of sp³-hybridized carbons (Fsp3) is 0.286. The van der Waals surface area contributed by atoms with Crippen LogP contribution in [0, 0.1) is 5.92 Å². The Bertz CT molecular complexity index is 1050. The minimum absolute atomic E-state index is 0.0741. The summed E-state index contributed by atoms with van der Waals surface area (Å²) in [5.74, 6) is 0.940. The fourth-order valence-corrected chi connectivity index (χ4v) is 3.62. The number of aromatic nitrogens is 2. The predicted molar refractivity (Wildman–Crippen MR) is 113 cm³/mol. The Labute approximate surface area is 167 Å².